The molecule has 3 N–H and O–H groups in total. The molecule has 2 aromatic rings. The van der Waals surface area contributed by atoms with Crippen LogP contribution in [0.15, 0.2) is 36.5 Å². The van der Waals surface area contributed by atoms with Crippen molar-refractivity contribution >= 4 is 17.5 Å². The van der Waals surface area contributed by atoms with Gasteiger partial charge in [-0.2, -0.15) is 5.53 Å². The Balaban J connectivity index is 1.61. The number of hydrogen-bond donors (Lipinski definition) is 3. The zero-order chi connectivity index (χ0) is 16.9. The minimum absolute atomic E-state index is 0.00548. The third kappa shape index (κ3) is 3.87. The maximum atomic E-state index is 12.1. The number of ketones is 1. The van der Waals surface area contributed by atoms with E-state index < -0.39 is 4.92 Å². The van der Waals surface area contributed by atoms with Crippen LogP contribution in [0, 0.1) is 10.1 Å². The molecule has 0 aliphatic carbocycles. The van der Waals surface area contributed by atoms with E-state index in [2.05, 4.69) is 26.7 Å². The van der Waals surface area contributed by atoms with Gasteiger partial charge in [0, 0.05) is 18.7 Å². The number of allylic oxidation sites excluding steroid dienone is 1. The van der Waals surface area contributed by atoms with Gasteiger partial charge in [-0.3, -0.25) is 19.6 Å². The Bertz CT molecular complexity index is 763. The predicted molar refractivity (Wildman–Crippen MR) is 84.5 cm³/mol. The monoisotopic (exact) mass is 329 g/mol. The van der Waals surface area contributed by atoms with E-state index >= 15 is 0 Å². The van der Waals surface area contributed by atoms with E-state index in [1.807, 2.05) is 0 Å². The first-order chi connectivity index (χ1) is 11.6. The number of carbonyl (C=O) groups is 1. The molecule has 10 heteroatoms. The quantitative estimate of drug-likeness (QED) is 0.294. The first-order valence-corrected chi connectivity index (χ1v) is 7.22. The van der Waals surface area contributed by atoms with E-state index in [0.717, 1.165) is 6.54 Å². The first kappa shape index (κ1) is 15.9. The molecule has 124 valence electrons. The summed E-state index contributed by atoms with van der Waals surface area (Å²) in [5.74, 6) is -0.282. The number of nitrogens with one attached hydrogen (secondary N) is 3. The Morgan fingerprint density at radius 3 is 2.88 bits per heavy atom. The second-order valence-corrected chi connectivity index (χ2v) is 5.22. The molecule has 0 spiro atoms. The molecule has 0 saturated carbocycles. The fourth-order valence-corrected chi connectivity index (χ4v) is 2.18. The molecule has 10 nitrogen and oxygen atoms in total. The highest BCUT2D eigenvalue weighted by Crippen LogP contribution is 2.13. The summed E-state index contributed by atoms with van der Waals surface area (Å²) in [5.41, 5.74) is 9.66. The second kappa shape index (κ2) is 7.08. The van der Waals surface area contributed by atoms with Crippen molar-refractivity contribution in [3.63, 3.8) is 0 Å². The average molecular weight is 329 g/mol. The lowest BCUT2D eigenvalue weighted by molar-refractivity contribution is -0.384. The number of carbonyl (C=O) groups excluding carboxylic acids is 1. The van der Waals surface area contributed by atoms with Crippen molar-refractivity contribution in [3.8, 4) is 0 Å². The summed E-state index contributed by atoms with van der Waals surface area (Å²) >= 11 is 0. The van der Waals surface area contributed by atoms with Gasteiger partial charge in [-0.1, -0.05) is 11.3 Å². The highest BCUT2D eigenvalue weighted by Gasteiger charge is 2.15. The maximum absolute atomic E-state index is 12.1. The maximum Gasteiger partial charge on any atom is 0.269 e. The fourth-order valence-electron chi connectivity index (χ4n) is 2.18. The number of benzene rings is 1. The molecule has 2 heterocycles. The molecular weight excluding hydrogens is 314 g/mol. The van der Waals surface area contributed by atoms with Crippen LogP contribution in [0.25, 0.3) is 6.08 Å². The molecule has 1 aliphatic heterocycles. The molecule has 1 aromatic heterocycles. The Hall–Kier alpha value is -2.95. The SMILES string of the molecule is O=C(/C=C/c1ccc([N+](=O)[O-])cc1)c1cn(CC2CNNN2)nn1. The Morgan fingerprint density at radius 2 is 2.21 bits per heavy atom. The van der Waals surface area contributed by atoms with Crippen molar-refractivity contribution < 1.29 is 9.72 Å². The van der Waals surface area contributed by atoms with E-state index in [9.17, 15) is 14.9 Å². The van der Waals surface area contributed by atoms with Gasteiger partial charge in [-0.05, 0) is 23.8 Å². The standard InChI is InChI=1S/C14H15N7O3/c22-14(6-3-10-1-4-12(5-2-10)21(23)24)13-9-20(19-17-13)8-11-7-15-18-16-11/h1-6,9,11,15-16,18H,7-8H2/b6-3+. The molecule has 1 atom stereocenters. The zero-order valence-electron chi connectivity index (χ0n) is 12.5. The van der Waals surface area contributed by atoms with Gasteiger partial charge < -0.3 is 0 Å². The van der Waals surface area contributed by atoms with Gasteiger partial charge >= 0.3 is 0 Å². The summed E-state index contributed by atoms with van der Waals surface area (Å²) in [4.78, 5) is 22.2. The average Bonchev–Trinajstić information content (AvgIpc) is 3.25. The number of rotatable bonds is 6. The van der Waals surface area contributed by atoms with Gasteiger partial charge in [0.05, 0.1) is 23.7 Å². The number of non-ortho nitro benzene ring substituents is 1. The van der Waals surface area contributed by atoms with Gasteiger partial charge in [0.15, 0.2) is 5.69 Å². The normalized spacial score (nSPS) is 17.4. The van der Waals surface area contributed by atoms with Crippen LogP contribution < -0.4 is 16.4 Å². The fraction of sp³-hybridized carbons (Fsp3) is 0.214. The summed E-state index contributed by atoms with van der Waals surface area (Å²) in [6.45, 7) is 1.32. The lowest BCUT2D eigenvalue weighted by Gasteiger charge is -2.06. The smallest absolute Gasteiger partial charge is 0.269 e. The number of hydrazine groups is 2. The number of hydrogen-bond acceptors (Lipinski definition) is 8. The summed E-state index contributed by atoms with van der Waals surface area (Å²) in [6.07, 6.45) is 4.53. The predicted octanol–water partition coefficient (Wildman–Crippen LogP) is 0.0634. The molecule has 1 aliphatic rings. The largest absolute Gasteiger partial charge is 0.287 e. The Morgan fingerprint density at radius 1 is 1.42 bits per heavy atom. The molecule has 0 amide bonds. The van der Waals surface area contributed by atoms with Crippen molar-refractivity contribution in [1.29, 1.82) is 0 Å². The van der Waals surface area contributed by atoms with Crippen molar-refractivity contribution in [2.75, 3.05) is 6.54 Å². The molecule has 0 radical (unpaired) electrons. The molecule has 3 rings (SSSR count). The number of nitro benzene ring substituents is 1. The van der Waals surface area contributed by atoms with E-state index in [1.54, 1.807) is 29.1 Å². The number of nitro groups is 1. The van der Waals surface area contributed by atoms with Gasteiger partial charge in [-0.15, -0.1) is 5.10 Å². The first-order valence-electron chi connectivity index (χ1n) is 7.22. The van der Waals surface area contributed by atoms with Crippen LogP contribution in [0.5, 0.6) is 0 Å². The second-order valence-electron chi connectivity index (χ2n) is 5.22. The summed E-state index contributed by atoms with van der Waals surface area (Å²) in [7, 11) is 0. The number of nitrogens with zero attached hydrogens (tertiary/aromatic N) is 4. The Kier molecular flexibility index (Phi) is 4.70. The van der Waals surface area contributed by atoms with Gasteiger partial charge in [0.25, 0.3) is 5.69 Å². The van der Waals surface area contributed by atoms with Crippen molar-refractivity contribution in [2.24, 2.45) is 0 Å². The van der Waals surface area contributed by atoms with Crippen molar-refractivity contribution in [2.45, 2.75) is 12.6 Å². The minimum Gasteiger partial charge on any atom is -0.287 e. The topological polar surface area (TPSA) is 127 Å². The van der Waals surface area contributed by atoms with Crippen LogP contribution in [-0.2, 0) is 6.54 Å². The van der Waals surface area contributed by atoms with Gasteiger partial charge in [0.1, 0.15) is 0 Å². The highest BCUT2D eigenvalue weighted by atomic mass is 16.6. The molecular formula is C14H15N7O3. The third-order valence-electron chi connectivity index (χ3n) is 3.44. The van der Waals surface area contributed by atoms with Crippen molar-refractivity contribution in [1.82, 2.24) is 31.4 Å². The third-order valence-corrected chi connectivity index (χ3v) is 3.44. The molecule has 0 bridgehead atoms. The van der Waals surface area contributed by atoms with Crippen LogP contribution in [0.1, 0.15) is 16.1 Å². The van der Waals surface area contributed by atoms with E-state index in [-0.39, 0.29) is 23.2 Å². The molecule has 24 heavy (non-hydrogen) atoms. The number of aromatic nitrogens is 3. The lowest BCUT2D eigenvalue weighted by Crippen LogP contribution is -2.35. The van der Waals surface area contributed by atoms with Crippen LogP contribution in [0.3, 0.4) is 0 Å². The van der Waals surface area contributed by atoms with Crippen LogP contribution in [-0.4, -0.2) is 38.3 Å². The van der Waals surface area contributed by atoms with Gasteiger partial charge in [-0.25, -0.2) is 10.9 Å². The van der Waals surface area contributed by atoms with Crippen LogP contribution >= 0.6 is 0 Å². The van der Waals surface area contributed by atoms with E-state index in [4.69, 9.17) is 0 Å². The minimum atomic E-state index is -0.471. The van der Waals surface area contributed by atoms with Crippen LogP contribution in [0.4, 0.5) is 5.69 Å². The van der Waals surface area contributed by atoms with Crippen molar-refractivity contribution in [3.05, 3.63) is 57.9 Å². The van der Waals surface area contributed by atoms with E-state index in [0.29, 0.717) is 12.1 Å². The molecule has 1 aromatic carbocycles. The lowest BCUT2D eigenvalue weighted by atomic mass is 10.1. The van der Waals surface area contributed by atoms with E-state index in [1.165, 1.54) is 18.2 Å². The zero-order valence-corrected chi connectivity index (χ0v) is 12.5. The van der Waals surface area contributed by atoms with Gasteiger partial charge in [0.2, 0.25) is 5.78 Å². The summed E-state index contributed by atoms with van der Waals surface area (Å²) < 4.78 is 1.60. The Labute approximate surface area is 136 Å². The summed E-state index contributed by atoms with van der Waals surface area (Å²) in [5, 5.41) is 18.4. The highest BCUT2D eigenvalue weighted by molar-refractivity contribution is 6.05. The summed E-state index contributed by atoms with van der Waals surface area (Å²) in [6, 6.07) is 6.08. The molecule has 1 unspecified atom stereocenters. The molecule has 1 fully saturated rings. The van der Waals surface area contributed by atoms with Crippen LogP contribution in [0.2, 0.25) is 0 Å². The molecule has 1 saturated heterocycles.